The Morgan fingerprint density at radius 2 is 2.22 bits per heavy atom. The van der Waals surface area contributed by atoms with Crippen LogP contribution in [0.15, 0.2) is 35.2 Å². The molecule has 2 aromatic rings. The van der Waals surface area contributed by atoms with Crippen LogP contribution in [0.25, 0.3) is 0 Å². The number of hydrogen-bond acceptors (Lipinski definition) is 3. The van der Waals surface area contributed by atoms with Gasteiger partial charge in [-0.3, -0.25) is 0 Å². The van der Waals surface area contributed by atoms with Gasteiger partial charge in [-0.2, -0.15) is 0 Å². The van der Waals surface area contributed by atoms with E-state index in [9.17, 15) is 0 Å². The second-order valence-electron chi connectivity index (χ2n) is 4.86. The molecule has 0 saturated carbocycles. The average Bonchev–Trinajstić information content (AvgIpc) is 2.84. The standard InChI is InChI=1S/C15H18N2S/c1-3-7-14-12(5-1)6-2-4-8-15(14)16-9-13-10-18-11-17-13/h1,3,5,7,10-11,15-16H,2,4,6,8-9H2. The van der Waals surface area contributed by atoms with E-state index in [0.29, 0.717) is 6.04 Å². The first-order chi connectivity index (χ1) is 8.93. The minimum atomic E-state index is 0.491. The van der Waals surface area contributed by atoms with Crippen molar-refractivity contribution in [2.45, 2.75) is 38.3 Å². The van der Waals surface area contributed by atoms with Gasteiger partial charge in [0.25, 0.3) is 0 Å². The minimum absolute atomic E-state index is 0.491. The van der Waals surface area contributed by atoms with E-state index in [1.54, 1.807) is 11.3 Å². The molecular weight excluding hydrogens is 240 g/mol. The first-order valence-electron chi connectivity index (χ1n) is 6.62. The van der Waals surface area contributed by atoms with Crippen LogP contribution < -0.4 is 5.32 Å². The first-order valence-corrected chi connectivity index (χ1v) is 7.56. The van der Waals surface area contributed by atoms with Gasteiger partial charge in [-0.15, -0.1) is 11.3 Å². The third-order valence-electron chi connectivity index (χ3n) is 3.63. The van der Waals surface area contributed by atoms with Crippen molar-refractivity contribution in [3.63, 3.8) is 0 Å². The molecular formula is C15H18N2S. The summed E-state index contributed by atoms with van der Waals surface area (Å²) in [7, 11) is 0. The van der Waals surface area contributed by atoms with Gasteiger partial charge < -0.3 is 5.32 Å². The summed E-state index contributed by atoms with van der Waals surface area (Å²) < 4.78 is 0. The van der Waals surface area contributed by atoms with Crippen molar-refractivity contribution in [1.29, 1.82) is 0 Å². The molecule has 1 aromatic carbocycles. The molecule has 1 aromatic heterocycles. The fourth-order valence-electron chi connectivity index (χ4n) is 2.69. The number of fused-ring (bicyclic) bond motifs is 1. The number of nitrogens with one attached hydrogen (secondary N) is 1. The van der Waals surface area contributed by atoms with Crippen molar-refractivity contribution in [3.8, 4) is 0 Å². The van der Waals surface area contributed by atoms with Crippen LogP contribution >= 0.6 is 11.3 Å². The van der Waals surface area contributed by atoms with Crippen LogP contribution in [0.3, 0.4) is 0 Å². The molecule has 1 aliphatic rings. The van der Waals surface area contributed by atoms with Crippen molar-refractivity contribution in [2.24, 2.45) is 0 Å². The minimum Gasteiger partial charge on any atom is -0.304 e. The second kappa shape index (κ2) is 5.63. The molecule has 1 unspecified atom stereocenters. The number of aromatic nitrogens is 1. The van der Waals surface area contributed by atoms with Gasteiger partial charge in [-0.05, 0) is 30.4 Å². The van der Waals surface area contributed by atoms with Gasteiger partial charge >= 0.3 is 0 Å². The Kier molecular flexibility index (Phi) is 3.72. The number of thiazole rings is 1. The molecule has 0 radical (unpaired) electrons. The number of benzene rings is 1. The summed E-state index contributed by atoms with van der Waals surface area (Å²) in [5, 5.41) is 5.78. The van der Waals surface area contributed by atoms with E-state index in [2.05, 4.69) is 39.9 Å². The van der Waals surface area contributed by atoms with Gasteiger partial charge in [0.2, 0.25) is 0 Å². The largest absolute Gasteiger partial charge is 0.304 e. The summed E-state index contributed by atoms with van der Waals surface area (Å²) >= 11 is 1.66. The maximum absolute atomic E-state index is 4.34. The molecule has 94 valence electrons. The topological polar surface area (TPSA) is 24.9 Å². The maximum atomic E-state index is 4.34. The molecule has 0 aliphatic heterocycles. The van der Waals surface area contributed by atoms with Crippen LogP contribution in [0.1, 0.15) is 42.1 Å². The van der Waals surface area contributed by atoms with Crippen molar-refractivity contribution in [1.82, 2.24) is 10.3 Å². The molecule has 0 saturated heterocycles. The van der Waals surface area contributed by atoms with E-state index in [1.807, 2.05) is 5.51 Å². The molecule has 3 rings (SSSR count). The lowest BCUT2D eigenvalue weighted by atomic mass is 9.99. The smallest absolute Gasteiger partial charge is 0.0795 e. The van der Waals surface area contributed by atoms with Crippen molar-refractivity contribution in [3.05, 3.63) is 52.0 Å². The lowest BCUT2D eigenvalue weighted by Gasteiger charge is -2.18. The molecule has 0 amide bonds. The van der Waals surface area contributed by atoms with E-state index in [0.717, 1.165) is 12.2 Å². The average molecular weight is 258 g/mol. The summed E-state index contributed by atoms with van der Waals surface area (Å²) in [4.78, 5) is 4.34. The van der Waals surface area contributed by atoms with E-state index in [4.69, 9.17) is 0 Å². The maximum Gasteiger partial charge on any atom is 0.0795 e. The van der Waals surface area contributed by atoms with Gasteiger partial charge in [-0.25, -0.2) is 4.98 Å². The third kappa shape index (κ3) is 2.62. The number of hydrogen-bond donors (Lipinski definition) is 1. The molecule has 3 heteroatoms. The summed E-state index contributed by atoms with van der Waals surface area (Å²) in [5.41, 5.74) is 6.07. The summed E-state index contributed by atoms with van der Waals surface area (Å²) in [6.45, 7) is 0.877. The highest BCUT2D eigenvalue weighted by molar-refractivity contribution is 7.07. The molecule has 0 fully saturated rings. The van der Waals surface area contributed by atoms with Crippen LogP contribution in [0.5, 0.6) is 0 Å². The lowest BCUT2D eigenvalue weighted by Crippen LogP contribution is -2.21. The van der Waals surface area contributed by atoms with E-state index < -0.39 is 0 Å². The van der Waals surface area contributed by atoms with Crippen LogP contribution in [-0.4, -0.2) is 4.98 Å². The lowest BCUT2D eigenvalue weighted by molar-refractivity contribution is 0.486. The molecule has 1 aliphatic carbocycles. The molecule has 18 heavy (non-hydrogen) atoms. The Labute approximate surface area is 112 Å². The fourth-order valence-corrected chi connectivity index (χ4v) is 3.24. The Balaban J connectivity index is 1.75. The van der Waals surface area contributed by atoms with Crippen molar-refractivity contribution in [2.75, 3.05) is 0 Å². The summed E-state index contributed by atoms with van der Waals surface area (Å²) in [6.07, 6.45) is 5.08. The van der Waals surface area contributed by atoms with Gasteiger partial charge in [0.15, 0.2) is 0 Å². The number of aryl methyl sites for hydroxylation is 1. The molecule has 1 N–H and O–H groups in total. The predicted molar refractivity (Wildman–Crippen MR) is 75.7 cm³/mol. The zero-order valence-corrected chi connectivity index (χ0v) is 11.2. The SMILES string of the molecule is c1ccc2c(c1)CCCCC2NCc1cscn1. The van der Waals surface area contributed by atoms with E-state index in [-0.39, 0.29) is 0 Å². The zero-order chi connectivity index (χ0) is 12.2. The molecule has 2 nitrogen and oxygen atoms in total. The Morgan fingerprint density at radius 1 is 1.28 bits per heavy atom. The Morgan fingerprint density at radius 3 is 3.11 bits per heavy atom. The summed E-state index contributed by atoms with van der Waals surface area (Å²) in [6, 6.07) is 9.35. The highest BCUT2D eigenvalue weighted by Crippen LogP contribution is 2.28. The van der Waals surface area contributed by atoms with Crippen LogP contribution in [-0.2, 0) is 13.0 Å². The summed E-state index contributed by atoms with van der Waals surface area (Å²) in [5.74, 6) is 0. The van der Waals surface area contributed by atoms with Gasteiger partial charge in [-0.1, -0.05) is 30.7 Å². The molecule has 1 atom stereocenters. The highest BCUT2D eigenvalue weighted by Gasteiger charge is 2.17. The zero-order valence-electron chi connectivity index (χ0n) is 10.4. The Hall–Kier alpha value is -1.19. The molecule has 0 bridgehead atoms. The monoisotopic (exact) mass is 258 g/mol. The first kappa shape index (κ1) is 11.9. The highest BCUT2D eigenvalue weighted by atomic mass is 32.1. The van der Waals surface area contributed by atoms with Gasteiger partial charge in [0.05, 0.1) is 11.2 Å². The normalized spacial score (nSPS) is 19.2. The van der Waals surface area contributed by atoms with E-state index in [1.165, 1.54) is 36.8 Å². The third-order valence-corrected chi connectivity index (χ3v) is 4.27. The fraction of sp³-hybridized carbons (Fsp3) is 0.400. The predicted octanol–water partition coefficient (Wildman–Crippen LogP) is 3.70. The number of nitrogens with zero attached hydrogens (tertiary/aromatic N) is 1. The van der Waals surface area contributed by atoms with E-state index >= 15 is 0 Å². The Bertz CT molecular complexity index is 493. The van der Waals surface area contributed by atoms with Gasteiger partial charge in [0.1, 0.15) is 0 Å². The molecule has 0 spiro atoms. The van der Waals surface area contributed by atoms with Crippen molar-refractivity contribution < 1.29 is 0 Å². The van der Waals surface area contributed by atoms with Crippen LogP contribution in [0.2, 0.25) is 0 Å². The molecule has 1 heterocycles. The number of rotatable bonds is 3. The van der Waals surface area contributed by atoms with Crippen molar-refractivity contribution >= 4 is 11.3 Å². The van der Waals surface area contributed by atoms with Crippen LogP contribution in [0.4, 0.5) is 0 Å². The quantitative estimate of drug-likeness (QED) is 0.849. The van der Waals surface area contributed by atoms with Gasteiger partial charge in [0, 0.05) is 18.0 Å². The second-order valence-corrected chi connectivity index (χ2v) is 5.58. The van der Waals surface area contributed by atoms with Crippen LogP contribution in [0, 0.1) is 0 Å².